The van der Waals surface area contributed by atoms with Gasteiger partial charge in [-0.3, -0.25) is 9.79 Å². The summed E-state index contributed by atoms with van der Waals surface area (Å²) < 4.78 is 0. The van der Waals surface area contributed by atoms with Gasteiger partial charge in [0.1, 0.15) is 12.4 Å². The predicted octanol–water partition coefficient (Wildman–Crippen LogP) is -3.28. The molecule has 1 atom stereocenters. The molecule has 3 aliphatic rings. The fraction of sp³-hybridized carbons (Fsp3) is 0.0769. The van der Waals surface area contributed by atoms with Crippen molar-refractivity contribution in [1.82, 2.24) is 0 Å². The van der Waals surface area contributed by atoms with E-state index in [1.54, 1.807) is 12.4 Å². The number of amides is 1. The summed E-state index contributed by atoms with van der Waals surface area (Å²) in [6.45, 7) is 0. The largest absolute Gasteiger partial charge is 1.00 e. The van der Waals surface area contributed by atoms with E-state index in [0.717, 1.165) is 27.8 Å². The normalized spacial score (nSPS) is 21.0. The maximum absolute atomic E-state index is 11.3. The minimum Gasteiger partial charge on any atom is -1.00 e. The van der Waals surface area contributed by atoms with Gasteiger partial charge in [0.2, 0.25) is 5.91 Å². The Hall–Kier alpha value is -2.51. The molecule has 3 N–H and O–H groups in total. The molecule has 0 saturated heterocycles. The number of anilines is 2. The average molecular weight is 303 g/mol. The topological polar surface area (TPSA) is 82.7 Å². The number of carbonyl (C=O) groups excluding carboxylic acids is 1. The molecule has 21 heavy (non-hydrogen) atoms. The van der Waals surface area contributed by atoms with E-state index < -0.39 is 0 Å². The first kappa shape index (κ1) is 13.5. The van der Waals surface area contributed by atoms with Crippen molar-refractivity contribution in [2.45, 2.75) is 6.42 Å². The minimum atomic E-state index is 0. The highest BCUT2D eigenvalue weighted by atomic mass is 35.5. The fourth-order valence-electron chi connectivity index (χ4n) is 2.30. The van der Waals surface area contributed by atoms with Crippen molar-refractivity contribution >= 4 is 35.3 Å². The summed E-state index contributed by atoms with van der Waals surface area (Å²) in [6, 6.07) is 5.71. The van der Waals surface area contributed by atoms with E-state index >= 15 is 0 Å². The SMILES string of the molecule is O=C1Cc2cc(NC3=N[NH+]4C=CN=CC4=N3)ccc2N1.[Cl-]. The van der Waals surface area contributed by atoms with Crippen LogP contribution in [-0.4, -0.2) is 23.9 Å². The van der Waals surface area contributed by atoms with Gasteiger partial charge < -0.3 is 23.0 Å². The highest BCUT2D eigenvalue weighted by Gasteiger charge is 2.25. The van der Waals surface area contributed by atoms with E-state index in [0.29, 0.717) is 12.4 Å². The molecule has 0 fully saturated rings. The van der Waals surface area contributed by atoms with E-state index in [1.165, 1.54) is 0 Å². The van der Waals surface area contributed by atoms with Crippen LogP contribution in [0.1, 0.15) is 5.56 Å². The summed E-state index contributed by atoms with van der Waals surface area (Å²) in [7, 11) is 0. The van der Waals surface area contributed by atoms with E-state index in [9.17, 15) is 4.79 Å². The number of hydrogen-bond donors (Lipinski definition) is 3. The third-order valence-electron chi connectivity index (χ3n) is 3.22. The highest BCUT2D eigenvalue weighted by molar-refractivity contribution is 6.29. The molecule has 4 rings (SSSR count). The van der Waals surface area contributed by atoms with Crippen LogP contribution in [0.3, 0.4) is 0 Å². The summed E-state index contributed by atoms with van der Waals surface area (Å²) in [6.07, 6.45) is 5.60. The second-order valence-electron chi connectivity index (χ2n) is 4.63. The third kappa shape index (κ3) is 2.44. The van der Waals surface area contributed by atoms with Crippen LogP contribution >= 0.6 is 0 Å². The number of fused-ring (bicyclic) bond motifs is 2. The van der Waals surface area contributed by atoms with Gasteiger partial charge in [-0.05, 0) is 28.9 Å². The number of aliphatic imine (C=N–C) groups is 2. The van der Waals surface area contributed by atoms with Crippen LogP contribution in [0.4, 0.5) is 11.4 Å². The van der Waals surface area contributed by atoms with E-state index in [2.05, 4.69) is 25.7 Å². The number of benzene rings is 1. The maximum atomic E-state index is 11.3. The van der Waals surface area contributed by atoms with E-state index in [4.69, 9.17) is 0 Å². The van der Waals surface area contributed by atoms with Gasteiger partial charge in [-0.1, -0.05) is 0 Å². The first-order chi connectivity index (χ1) is 9.78. The van der Waals surface area contributed by atoms with Crippen molar-refractivity contribution in [2.24, 2.45) is 15.1 Å². The van der Waals surface area contributed by atoms with Crippen LogP contribution in [0, 0.1) is 0 Å². The van der Waals surface area contributed by atoms with Crippen LogP contribution in [0.25, 0.3) is 0 Å². The molecule has 3 heterocycles. The average Bonchev–Trinajstić information content (AvgIpc) is 2.99. The Labute approximate surface area is 126 Å². The second-order valence-corrected chi connectivity index (χ2v) is 4.63. The van der Waals surface area contributed by atoms with Crippen LogP contribution in [0.15, 0.2) is 45.7 Å². The number of guanidine groups is 1. The lowest BCUT2D eigenvalue weighted by Gasteiger charge is -2.04. The summed E-state index contributed by atoms with van der Waals surface area (Å²) >= 11 is 0. The van der Waals surface area contributed by atoms with Crippen LogP contribution in [0.2, 0.25) is 0 Å². The van der Waals surface area contributed by atoms with Gasteiger partial charge in [-0.15, -0.1) is 5.01 Å². The van der Waals surface area contributed by atoms with Crippen LogP contribution < -0.4 is 28.0 Å². The Kier molecular flexibility index (Phi) is 3.28. The van der Waals surface area contributed by atoms with Crippen molar-refractivity contribution in [1.29, 1.82) is 0 Å². The summed E-state index contributed by atoms with van der Waals surface area (Å²) in [5, 5.41) is 11.1. The standard InChI is InChI=1S/C13H10N6O.ClH/c20-12-6-8-5-9(1-2-10(8)16-12)15-13-17-11-7-14-3-4-19(11)18-13;/h1-5,7H,6H2,(H,15,18)(H,16,20);1H. The smallest absolute Gasteiger partial charge is 0.286 e. The summed E-state index contributed by atoms with van der Waals surface area (Å²) in [5.74, 6) is 1.32. The van der Waals surface area contributed by atoms with Crippen LogP contribution in [0.5, 0.6) is 0 Å². The lowest BCUT2D eigenvalue weighted by Crippen LogP contribution is -3.05. The van der Waals surface area contributed by atoms with Crippen molar-refractivity contribution < 1.29 is 22.2 Å². The molecule has 0 spiro atoms. The Bertz CT molecular complexity index is 736. The monoisotopic (exact) mass is 302 g/mol. The molecule has 0 saturated carbocycles. The molecular weight excluding hydrogens is 292 g/mol. The lowest BCUT2D eigenvalue weighted by atomic mass is 10.1. The Morgan fingerprint density at radius 3 is 3.10 bits per heavy atom. The summed E-state index contributed by atoms with van der Waals surface area (Å²) in [4.78, 5) is 19.7. The Morgan fingerprint density at radius 2 is 2.24 bits per heavy atom. The van der Waals surface area contributed by atoms with Gasteiger partial charge >= 0.3 is 0 Å². The van der Waals surface area contributed by atoms with Crippen molar-refractivity contribution in [3.63, 3.8) is 0 Å². The molecule has 1 unspecified atom stereocenters. The first-order valence-corrected chi connectivity index (χ1v) is 6.22. The summed E-state index contributed by atoms with van der Waals surface area (Å²) in [5.41, 5.74) is 2.72. The first-order valence-electron chi connectivity index (χ1n) is 6.22. The predicted molar refractivity (Wildman–Crippen MR) is 75.9 cm³/mol. The molecule has 7 nitrogen and oxygen atoms in total. The Balaban J connectivity index is 0.00000132. The number of halogens is 1. The molecule has 0 bridgehead atoms. The zero-order chi connectivity index (χ0) is 13.5. The van der Waals surface area contributed by atoms with Crippen molar-refractivity contribution in [2.75, 3.05) is 10.6 Å². The van der Waals surface area contributed by atoms with Gasteiger partial charge in [0.25, 0.3) is 11.8 Å². The highest BCUT2D eigenvalue weighted by Crippen LogP contribution is 2.26. The van der Waals surface area contributed by atoms with Gasteiger partial charge in [0, 0.05) is 11.4 Å². The molecule has 8 heteroatoms. The minimum absolute atomic E-state index is 0. The molecule has 0 aliphatic carbocycles. The van der Waals surface area contributed by atoms with E-state index in [1.807, 2.05) is 24.4 Å². The van der Waals surface area contributed by atoms with Crippen molar-refractivity contribution in [3.8, 4) is 0 Å². The quantitative estimate of drug-likeness (QED) is 0.508. The van der Waals surface area contributed by atoms with Crippen molar-refractivity contribution in [3.05, 3.63) is 36.2 Å². The molecule has 1 aromatic rings. The number of nitrogens with zero attached hydrogens (tertiary/aromatic N) is 3. The number of amidine groups is 1. The number of quaternary nitrogens is 1. The van der Waals surface area contributed by atoms with E-state index in [-0.39, 0.29) is 18.3 Å². The molecule has 3 aliphatic heterocycles. The molecule has 1 amide bonds. The molecule has 0 aromatic heterocycles. The number of nitrogens with one attached hydrogen (secondary N) is 3. The Morgan fingerprint density at radius 1 is 1.33 bits per heavy atom. The molecule has 1 aromatic carbocycles. The molecule has 0 radical (unpaired) electrons. The lowest BCUT2D eigenvalue weighted by molar-refractivity contribution is -0.748. The molecule has 106 valence electrons. The van der Waals surface area contributed by atoms with Gasteiger partial charge in [0.05, 0.1) is 12.6 Å². The maximum Gasteiger partial charge on any atom is 0.286 e. The van der Waals surface area contributed by atoms with Crippen LogP contribution in [-0.2, 0) is 11.2 Å². The molecular formula is C13H11ClN6O. The second kappa shape index (κ2) is 5.12. The number of carbonyl (C=O) groups is 1. The fourth-order valence-corrected chi connectivity index (χ4v) is 2.30. The van der Waals surface area contributed by atoms with Gasteiger partial charge in [0.15, 0.2) is 0 Å². The number of rotatable bonds is 1. The van der Waals surface area contributed by atoms with Gasteiger partial charge in [-0.25, -0.2) is 0 Å². The van der Waals surface area contributed by atoms with Gasteiger partial charge in [-0.2, -0.15) is 4.99 Å². The zero-order valence-corrected chi connectivity index (χ0v) is 11.6. The zero-order valence-electron chi connectivity index (χ0n) is 10.8. The number of hydrogen-bond acceptors (Lipinski definition) is 5. The third-order valence-corrected chi connectivity index (χ3v) is 3.22.